The summed E-state index contributed by atoms with van der Waals surface area (Å²) in [4.78, 5) is 3.55. The third-order valence-electron chi connectivity index (χ3n) is 1.57. The molecule has 0 saturated carbocycles. The quantitative estimate of drug-likeness (QED) is 0.517. The molecule has 0 aliphatic rings. The Kier molecular flexibility index (Phi) is 6.27. The standard InChI is InChI=1S/C9H18N/c1-9(2)7-5-4-6-8-10-3/h3,9H,4-8H2,1-2H3/q+1. The van der Waals surface area contributed by atoms with Gasteiger partial charge < -0.3 is 0 Å². The lowest BCUT2D eigenvalue weighted by Gasteiger charge is -2.00. The Hall–Kier alpha value is -0.510. The molecule has 0 saturated heterocycles. The van der Waals surface area contributed by atoms with Gasteiger partial charge in [0, 0.05) is 6.42 Å². The van der Waals surface area contributed by atoms with E-state index in [9.17, 15) is 0 Å². The lowest BCUT2D eigenvalue weighted by atomic mass is 10.1. The number of hydrogen-bond donors (Lipinski definition) is 0. The fourth-order valence-electron chi connectivity index (χ4n) is 0.932. The maximum atomic E-state index is 5.00. The molecule has 0 radical (unpaired) electrons. The van der Waals surface area contributed by atoms with Crippen molar-refractivity contribution >= 4 is 0 Å². The zero-order chi connectivity index (χ0) is 7.82. The van der Waals surface area contributed by atoms with E-state index in [0.717, 1.165) is 18.9 Å². The van der Waals surface area contributed by atoms with Gasteiger partial charge in [-0.1, -0.05) is 31.5 Å². The first kappa shape index (κ1) is 9.49. The van der Waals surface area contributed by atoms with E-state index in [-0.39, 0.29) is 0 Å². The van der Waals surface area contributed by atoms with Crippen LogP contribution in [0.15, 0.2) is 0 Å². The predicted molar refractivity (Wildman–Crippen MR) is 46.5 cm³/mol. The summed E-state index contributed by atoms with van der Waals surface area (Å²) in [6.45, 7) is 10.3. The van der Waals surface area contributed by atoms with Crippen LogP contribution in [0.3, 0.4) is 0 Å². The molecule has 0 atom stereocenters. The molecule has 0 rings (SSSR count). The fraction of sp³-hybridized carbons (Fsp3) is 0.889. The summed E-state index contributed by atoms with van der Waals surface area (Å²) in [6.07, 6.45) is 5.10. The SMILES string of the molecule is C#[N+]CCCCCC(C)C. The van der Waals surface area contributed by atoms with Crippen molar-refractivity contribution in [2.75, 3.05) is 6.54 Å². The van der Waals surface area contributed by atoms with Crippen molar-refractivity contribution < 1.29 is 0 Å². The minimum atomic E-state index is 0.831. The van der Waals surface area contributed by atoms with Gasteiger partial charge in [-0.25, -0.2) is 0 Å². The van der Waals surface area contributed by atoms with Crippen molar-refractivity contribution in [1.82, 2.24) is 0 Å². The maximum absolute atomic E-state index is 5.00. The topological polar surface area (TPSA) is 4.36 Å². The first-order valence-electron chi connectivity index (χ1n) is 4.14. The van der Waals surface area contributed by atoms with Crippen LogP contribution in [0.5, 0.6) is 0 Å². The van der Waals surface area contributed by atoms with E-state index in [4.69, 9.17) is 6.57 Å². The van der Waals surface area contributed by atoms with Crippen molar-refractivity contribution in [2.24, 2.45) is 5.92 Å². The highest BCUT2D eigenvalue weighted by Gasteiger charge is 1.95. The Bertz CT molecular complexity index is 99.8. The van der Waals surface area contributed by atoms with Crippen molar-refractivity contribution in [1.29, 1.82) is 0 Å². The molecule has 10 heavy (non-hydrogen) atoms. The molecule has 0 aliphatic heterocycles. The van der Waals surface area contributed by atoms with E-state index in [1.807, 2.05) is 0 Å². The van der Waals surface area contributed by atoms with E-state index >= 15 is 0 Å². The molecule has 0 N–H and O–H groups in total. The second kappa shape index (κ2) is 6.61. The molecule has 0 unspecified atom stereocenters. The maximum Gasteiger partial charge on any atom is 0.263 e. The molecule has 1 nitrogen and oxygen atoms in total. The number of nitrogens with zero attached hydrogens (tertiary/aromatic N) is 1. The van der Waals surface area contributed by atoms with Gasteiger partial charge in [-0.15, -0.1) is 0 Å². The monoisotopic (exact) mass is 140 g/mol. The van der Waals surface area contributed by atoms with Gasteiger partial charge in [-0.2, -0.15) is 0 Å². The smallest absolute Gasteiger partial charge is 0.0869 e. The van der Waals surface area contributed by atoms with E-state index in [1.165, 1.54) is 19.3 Å². The van der Waals surface area contributed by atoms with Gasteiger partial charge in [0.2, 0.25) is 0 Å². The Morgan fingerprint density at radius 1 is 1.20 bits per heavy atom. The average Bonchev–Trinajstić information content (AvgIpc) is 1.87. The van der Waals surface area contributed by atoms with Crippen molar-refractivity contribution in [2.45, 2.75) is 39.5 Å². The minimum absolute atomic E-state index is 0.831. The van der Waals surface area contributed by atoms with E-state index < -0.39 is 0 Å². The summed E-state index contributed by atoms with van der Waals surface area (Å²) in [5.74, 6) is 0.842. The van der Waals surface area contributed by atoms with E-state index in [0.29, 0.717) is 0 Å². The molecule has 0 bridgehead atoms. The van der Waals surface area contributed by atoms with Crippen LogP contribution in [-0.4, -0.2) is 6.54 Å². The fourth-order valence-corrected chi connectivity index (χ4v) is 0.932. The third kappa shape index (κ3) is 7.49. The summed E-state index contributed by atoms with van der Waals surface area (Å²) < 4.78 is 0. The molecule has 0 aromatic rings. The molecule has 0 heterocycles. The van der Waals surface area contributed by atoms with Crippen molar-refractivity contribution in [3.05, 3.63) is 4.85 Å². The zero-order valence-corrected chi connectivity index (χ0v) is 7.14. The van der Waals surface area contributed by atoms with Gasteiger partial charge >= 0.3 is 0 Å². The van der Waals surface area contributed by atoms with Crippen molar-refractivity contribution in [3.8, 4) is 6.57 Å². The summed E-state index contributed by atoms with van der Waals surface area (Å²) in [5, 5.41) is 0. The van der Waals surface area contributed by atoms with Gasteiger partial charge in [-0.05, 0) is 12.3 Å². The molecule has 0 fully saturated rings. The molecule has 58 valence electrons. The molecular weight excluding hydrogens is 122 g/mol. The van der Waals surface area contributed by atoms with Crippen LogP contribution in [0.4, 0.5) is 0 Å². The van der Waals surface area contributed by atoms with Crippen molar-refractivity contribution in [3.63, 3.8) is 0 Å². The average molecular weight is 140 g/mol. The molecule has 0 spiro atoms. The number of hydrogen-bond acceptors (Lipinski definition) is 0. The lowest BCUT2D eigenvalue weighted by molar-refractivity contribution is 0.533. The normalized spacial score (nSPS) is 9.80. The van der Waals surface area contributed by atoms with Crippen LogP contribution in [-0.2, 0) is 0 Å². The second-order valence-corrected chi connectivity index (χ2v) is 3.15. The van der Waals surface area contributed by atoms with Gasteiger partial charge in [-0.3, -0.25) is 0 Å². The molecular formula is C9H18N+. The summed E-state index contributed by atoms with van der Waals surface area (Å²) in [6, 6.07) is 0. The highest BCUT2D eigenvalue weighted by molar-refractivity contribution is 4.65. The van der Waals surface area contributed by atoms with Crippen LogP contribution in [0.25, 0.3) is 4.85 Å². The van der Waals surface area contributed by atoms with E-state index in [1.54, 1.807) is 0 Å². The van der Waals surface area contributed by atoms with E-state index in [2.05, 4.69) is 18.7 Å². The minimum Gasteiger partial charge on any atom is -0.0869 e. The summed E-state index contributed by atoms with van der Waals surface area (Å²) in [5.41, 5.74) is 0. The third-order valence-corrected chi connectivity index (χ3v) is 1.57. The molecule has 0 amide bonds. The molecule has 0 aliphatic carbocycles. The summed E-state index contributed by atoms with van der Waals surface area (Å²) in [7, 11) is 0. The highest BCUT2D eigenvalue weighted by Crippen LogP contribution is 2.07. The Balaban J connectivity index is 2.86. The van der Waals surface area contributed by atoms with Crippen LogP contribution < -0.4 is 0 Å². The second-order valence-electron chi connectivity index (χ2n) is 3.15. The largest absolute Gasteiger partial charge is 0.263 e. The van der Waals surface area contributed by atoms with Gasteiger partial charge in [0.1, 0.15) is 0 Å². The lowest BCUT2D eigenvalue weighted by Crippen LogP contribution is -1.87. The van der Waals surface area contributed by atoms with Gasteiger partial charge in [0.25, 0.3) is 13.1 Å². The zero-order valence-electron chi connectivity index (χ0n) is 7.14. The van der Waals surface area contributed by atoms with Gasteiger partial charge in [0.05, 0.1) is 0 Å². The van der Waals surface area contributed by atoms with Crippen LogP contribution >= 0.6 is 0 Å². The summed E-state index contributed by atoms with van der Waals surface area (Å²) >= 11 is 0. The molecule has 0 aromatic carbocycles. The Labute approximate surface area is 64.3 Å². The first-order chi connectivity index (χ1) is 4.77. The van der Waals surface area contributed by atoms with Crippen LogP contribution in [0, 0.1) is 12.5 Å². The Morgan fingerprint density at radius 3 is 2.40 bits per heavy atom. The highest BCUT2D eigenvalue weighted by atomic mass is 14.6. The molecule has 1 heteroatoms. The first-order valence-corrected chi connectivity index (χ1v) is 4.14. The number of unbranched alkanes of at least 4 members (excludes halogenated alkanes) is 2. The van der Waals surface area contributed by atoms with Gasteiger partial charge in [0.15, 0.2) is 0 Å². The van der Waals surface area contributed by atoms with Crippen LogP contribution in [0.2, 0.25) is 0 Å². The predicted octanol–water partition coefficient (Wildman–Crippen LogP) is 3.17. The Morgan fingerprint density at radius 2 is 1.90 bits per heavy atom. The number of rotatable bonds is 5. The van der Waals surface area contributed by atoms with Crippen LogP contribution in [0.1, 0.15) is 39.5 Å². The molecule has 0 aromatic heterocycles.